The van der Waals surface area contributed by atoms with E-state index in [4.69, 9.17) is 54.3 Å². The first-order valence-corrected chi connectivity index (χ1v) is 35.1. The van der Waals surface area contributed by atoms with Crippen molar-refractivity contribution in [1.29, 1.82) is 0 Å². The lowest BCUT2D eigenvalue weighted by Gasteiger charge is -2.13. The lowest BCUT2D eigenvalue weighted by molar-refractivity contribution is -0.115. The number of halogens is 1. The monoisotopic (exact) mass is 1370 g/mol. The van der Waals surface area contributed by atoms with Crippen molar-refractivity contribution in [3.05, 3.63) is 95.0 Å². The Morgan fingerprint density at radius 2 is 0.908 bits per heavy atom. The molecule has 5 aromatic rings. The number of amides is 2. The topological polar surface area (TPSA) is 472 Å². The van der Waals surface area contributed by atoms with E-state index in [-0.39, 0.29) is 88.7 Å². The normalized spacial score (nSPS) is 11.9. The predicted molar refractivity (Wildman–Crippen MR) is 332 cm³/mol. The summed E-state index contributed by atoms with van der Waals surface area (Å²) in [7, 11) is -19.6. The number of rotatable bonds is 30. The molecule has 0 atom stereocenters. The first-order valence-electron chi connectivity index (χ1n) is 25.3. The zero-order chi connectivity index (χ0) is 65.1. The molecule has 0 saturated heterocycles. The minimum atomic E-state index is -4.27. The summed E-state index contributed by atoms with van der Waals surface area (Å²) in [6, 6.07) is 21.2. The van der Waals surface area contributed by atoms with Gasteiger partial charge in [0.05, 0.1) is 70.3 Å². The second-order valence-corrected chi connectivity index (χ2v) is 27.6. The molecule has 0 aliphatic rings. The summed E-state index contributed by atoms with van der Waals surface area (Å²) in [5.41, 5.74) is 16.2. The van der Waals surface area contributed by atoms with Crippen LogP contribution in [-0.2, 0) is 60.7 Å². The Hall–Kier alpha value is -6.71. The van der Waals surface area contributed by atoms with Crippen LogP contribution < -0.4 is 31.6 Å². The number of azo groups is 3. The van der Waals surface area contributed by atoms with Crippen LogP contribution in [0.3, 0.4) is 0 Å². The van der Waals surface area contributed by atoms with Gasteiger partial charge in [-0.05, 0) is 142 Å². The van der Waals surface area contributed by atoms with Gasteiger partial charge in [0.25, 0.3) is 40.5 Å². The van der Waals surface area contributed by atoms with Crippen molar-refractivity contribution >= 4 is 155 Å². The Bertz CT molecular complexity index is 3880. The number of carbonyl (C=O) groups is 2. The molecule has 0 bridgehead atoms. The summed E-state index contributed by atoms with van der Waals surface area (Å²) in [5, 5.41) is 32.3. The number of carbonyl (C=O) groups excluding carboxylic acids is 2. The third-order valence-corrected chi connectivity index (χ3v) is 16.3. The smallest absolute Gasteiger partial charge is 0.425 e. The highest BCUT2D eigenvalue weighted by Gasteiger charge is 2.18. The minimum Gasteiger partial charge on any atom is -0.491 e. The molecule has 0 aliphatic heterocycles. The second-order valence-electron chi connectivity index (χ2n) is 18.2. The molecule has 5 rings (SSSR count). The van der Waals surface area contributed by atoms with Gasteiger partial charge in [-0.2, -0.15) is 43.9 Å². The van der Waals surface area contributed by atoms with Crippen LogP contribution in [0.5, 0.6) is 11.5 Å². The summed E-state index contributed by atoms with van der Waals surface area (Å²) >= 11 is 8.31. The summed E-state index contributed by atoms with van der Waals surface area (Å²) in [5.74, 6) is -1.43. The molecular formula is C50H63ClN10O19S7. The molecule has 37 heteroatoms. The fraction of sp³-hybridized carbons (Fsp3) is 0.360. The van der Waals surface area contributed by atoms with E-state index in [1.54, 1.807) is 49.4 Å². The van der Waals surface area contributed by atoms with E-state index in [1.807, 2.05) is 19.1 Å². The zero-order valence-electron chi connectivity index (χ0n) is 46.9. The van der Waals surface area contributed by atoms with Crippen LogP contribution in [0.4, 0.5) is 56.9 Å². The van der Waals surface area contributed by atoms with Gasteiger partial charge in [0.2, 0.25) is 11.8 Å². The van der Waals surface area contributed by atoms with Crippen molar-refractivity contribution in [2.75, 3.05) is 69.8 Å². The van der Waals surface area contributed by atoms with Gasteiger partial charge in [-0.15, -0.1) is 56.6 Å². The molecule has 0 aromatic heterocycles. The van der Waals surface area contributed by atoms with Crippen molar-refractivity contribution in [1.82, 2.24) is 0 Å². The predicted octanol–water partition coefficient (Wildman–Crippen LogP) is 10.8. The number of hydrogen-bond donors (Lipinski definition) is 8. The first kappa shape index (κ1) is 74.5. The van der Waals surface area contributed by atoms with Crippen molar-refractivity contribution in [3.63, 3.8) is 0 Å². The number of thioether (sulfide) groups is 2. The van der Waals surface area contributed by atoms with Crippen LogP contribution in [0.2, 0.25) is 5.02 Å². The highest BCUT2D eigenvalue weighted by Crippen LogP contribution is 2.44. The molecule has 5 aromatic carbocycles. The van der Waals surface area contributed by atoms with Crippen molar-refractivity contribution in [2.45, 2.75) is 76.0 Å². The lowest BCUT2D eigenvalue weighted by atomic mass is 10.1. The van der Waals surface area contributed by atoms with Gasteiger partial charge in [-0.25, -0.2) is 0 Å². The first-order chi connectivity index (χ1) is 40.6. The Balaban J connectivity index is 0.000000793. The largest absolute Gasteiger partial charge is 0.491 e. The minimum absolute atomic E-state index is 0.0399. The maximum atomic E-state index is 12.5. The molecule has 476 valence electrons. The van der Waals surface area contributed by atoms with Gasteiger partial charge < -0.3 is 31.6 Å². The average Bonchev–Trinajstić information content (AvgIpc) is 1.97. The van der Waals surface area contributed by atoms with Crippen LogP contribution in [0.25, 0.3) is 0 Å². The van der Waals surface area contributed by atoms with Gasteiger partial charge in [-0.1, -0.05) is 17.7 Å². The van der Waals surface area contributed by atoms with Gasteiger partial charge in [0.1, 0.15) is 34.2 Å². The Labute approximate surface area is 518 Å². The molecule has 2 amide bonds. The Kier molecular flexibility index (Phi) is 30.8. The molecule has 0 aliphatic carbocycles. The highest BCUT2D eigenvalue weighted by atomic mass is 35.5. The van der Waals surface area contributed by atoms with Crippen LogP contribution >= 0.6 is 35.1 Å². The number of nitrogen functional groups attached to an aromatic ring is 2. The highest BCUT2D eigenvalue weighted by molar-refractivity contribution is 7.99. The number of nitrogens with zero attached hydrogens (tertiary/aromatic N) is 6. The Morgan fingerprint density at radius 3 is 1.33 bits per heavy atom. The number of hydrogen-bond acceptors (Lipinski definition) is 25. The molecule has 10 N–H and O–H groups in total. The van der Waals surface area contributed by atoms with E-state index in [0.717, 1.165) is 29.1 Å². The molecule has 0 spiro atoms. The second kappa shape index (κ2) is 35.9. The van der Waals surface area contributed by atoms with E-state index < -0.39 is 80.2 Å². The number of anilines is 4. The SMILES string of the molecule is CC(=O)Nc1cc(N=Nc2cc(SCCCS(=O)(=O)O)c(N=Nc3cc(OCCCCS(=O)(=O)O)c(N)cc3C)cc2NC(C)=O)c(SCCCS(=O)(=O)O)cc1N=Nc1ccc(Cl)cc1.Cc1ccc(OCCCCS(=O)(=O)O)c(N)c1.O=S(=O)=O. The lowest BCUT2D eigenvalue weighted by Crippen LogP contribution is -2.06. The van der Waals surface area contributed by atoms with Crippen LogP contribution in [0.1, 0.15) is 63.5 Å². The van der Waals surface area contributed by atoms with Crippen LogP contribution in [-0.4, -0.2) is 124 Å². The number of aryl methyl sites for hydroxylation is 2. The third kappa shape index (κ3) is 32.2. The van der Waals surface area contributed by atoms with E-state index in [1.165, 1.54) is 38.1 Å². The van der Waals surface area contributed by atoms with E-state index in [0.29, 0.717) is 69.1 Å². The standard InChI is InChI=1S/C39H46ClN9O12S5.C11H17NO4S.O3S/c1-24-18-29(41)37(61-12-4-5-15-64(52,53)54)21-30(24)45-48-35-20-32(43-26(3)51)34(23-39(35)63-14-7-17-66(58,59)60)47-49-36-19-31(42-25(2)50)33(46-44-28-10-8-27(40)9-11-28)22-38(36)62-13-6-16-65(55,56)57;1-9-4-5-11(10(12)8-9)16-6-2-3-7-17(13,14)15;1-4(2)3/h8-11,18-23H,4-7,12-17,41H2,1-3H3,(H,42,50)(H,43,51)(H,52,53,54)(H,55,56,57)(H,58,59,60);4-5,8H,2-3,6-7,12H2,1H3,(H,13,14,15);. The van der Waals surface area contributed by atoms with E-state index in [9.17, 15) is 52.4 Å². The van der Waals surface area contributed by atoms with Crippen LogP contribution in [0.15, 0.2) is 119 Å². The molecule has 0 saturated carbocycles. The summed E-state index contributed by atoms with van der Waals surface area (Å²) in [6.45, 7) is 6.68. The summed E-state index contributed by atoms with van der Waals surface area (Å²) in [4.78, 5) is 25.7. The third-order valence-electron chi connectivity index (χ3n) is 10.6. The quantitative estimate of drug-likeness (QED) is 0.00696. The average molecular weight is 1370 g/mol. The maximum Gasteiger partial charge on any atom is 0.425 e. The van der Waals surface area contributed by atoms with Gasteiger partial charge >= 0.3 is 10.6 Å². The molecule has 0 radical (unpaired) electrons. The maximum absolute atomic E-state index is 12.5. The molecule has 0 heterocycles. The van der Waals surface area contributed by atoms with Crippen molar-refractivity contribution in [3.8, 4) is 11.5 Å². The fourth-order valence-electron chi connectivity index (χ4n) is 6.80. The number of benzene rings is 5. The Morgan fingerprint density at radius 1 is 0.517 bits per heavy atom. The molecule has 0 fully saturated rings. The number of nitrogens with one attached hydrogen (secondary N) is 2. The van der Waals surface area contributed by atoms with E-state index >= 15 is 0 Å². The number of unbranched alkanes of at least 4 members (excludes halogenated alkanes) is 2. The molecule has 0 unspecified atom stereocenters. The van der Waals surface area contributed by atoms with Crippen LogP contribution in [0, 0.1) is 13.8 Å². The fourth-order valence-corrected chi connectivity index (χ4v) is 11.3. The number of ether oxygens (including phenoxy) is 2. The van der Waals surface area contributed by atoms with Gasteiger partial charge in [0, 0.05) is 34.7 Å². The number of nitrogens with two attached hydrogens (primary N) is 2. The van der Waals surface area contributed by atoms with Gasteiger partial charge in [-0.3, -0.25) is 27.8 Å². The molecule has 29 nitrogen and oxygen atoms in total. The summed E-state index contributed by atoms with van der Waals surface area (Å²) < 4.78 is 162. The molecular weight excluding hydrogens is 1300 g/mol. The van der Waals surface area contributed by atoms with Gasteiger partial charge in [0.15, 0.2) is 0 Å². The zero-order valence-corrected chi connectivity index (χ0v) is 53.4. The van der Waals surface area contributed by atoms with Crippen molar-refractivity contribution < 1.29 is 83.6 Å². The van der Waals surface area contributed by atoms with E-state index in [2.05, 4.69) is 41.3 Å². The van der Waals surface area contributed by atoms with Crippen molar-refractivity contribution in [2.24, 2.45) is 30.7 Å². The summed E-state index contributed by atoms with van der Waals surface area (Å²) in [6.07, 6.45) is 1.46. The molecule has 87 heavy (non-hydrogen) atoms.